The molecule has 5 nitrogen and oxygen atoms in total. The zero-order valence-corrected chi connectivity index (χ0v) is 26.4. The first kappa shape index (κ1) is 29.2. The van der Waals surface area contributed by atoms with Crippen molar-refractivity contribution >= 4 is 35.1 Å². The number of aliphatic hydroxyl groups is 1. The molecule has 2 bridgehead atoms. The fourth-order valence-corrected chi connectivity index (χ4v) is 8.74. The van der Waals surface area contributed by atoms with Gasteiger partial charge in [-0.15, -0.1) is 0 Å². The Morgan fingerprint density at radius 2 is 1.93 bits per heavy atom. The van der Waals surface area contributed by atoms with Crippen LogP contribution >= 0.6 is 23.5 Å². The quantitative estimate of drug-likeness (QED) is 0.360. The van der Waals surface area contributed by atoms with E-state index in [1.807, 2.05) is 13.0 Å². The number of aryl methyl sites for hydroxylation is 1. The Morgan fingerprint density at radius 3 is 2.68 bits per heavy atom. The molecule has 6 rings (SSSR count). The highest BCUT2D eigenvalue weighted by molar-refractivity contribution is 7.98. The second-order valence-electron chi connectivity index (χ2n) is 13.5. The van der Waals surface area contributed by atoms with Gasteiger partial charge >= 0.3 is 0 Å². The van der Waals surface area contributed by atoms with Gasteiger partial charge in [0.25, 0.3) is 0 Å². The smallest absolute Gasteiger partial charge is 0.233 e. The molecule has 0 aromatic heterocycles. The lowest BCUT2D eigenvalue weighted by Gasteiger charge is -2.48. The first-order valence-corrected chi connectivity index (χ1v) is 16.8. The maximum absolute atomic E-state index is 13.1. The van der Waals surface area contributed by atoms with Gasteiger partial charge in [-0.1, -0.05) is 44.9 Å². The number of nitrogens with one attached hydrogen (secondary N) is 1. The molecule has 41 heavy (non-hydrogen) atoms. The largest absolute Gasteiger partial charge is 0.491 e. The minimum absolute atomic E-state index is 0.0730. The monoisotopic (exact) mass is 596 g/mol. The highest BCUT2D eigenvalue weighted by atomic mass is 35.5. The molecule has 8 atom stereocenters. The van der Waals surface area contributed by atoms with Crippen LogP contribution in [0.25, 0.3) is 0 Å². The van der Waals surface area contributed by atoms with Gasteiger partial charge in [-0.05, 0) is 122 Å². The third-order valence-electron chi connectivity index (χ3n) is 10.7. The molecule has 7 unspecified atom stereocenters. The van der Waals surface area contributed by atoms with E-state index in [9.17, 15) is 9.90 Å². The van der Waals surface area contributed by atoms with Gasteiger partial charge in [0, 0.05) is 34.8 Å². The molecule has 0 spiro atoms. The van der Waals surface area contributed by atoms with Crippen LogP contribution in [0, 0.1) is 35.5 Å². The fraction of sp³-hybridized carbons (Fsp3) is 0.618. The van der Waals surface area contributed by atoms with Crippen LogP contribution < -0.4 is 14.4 Å². The SMILES string of the molecule is CCCc1cc(Cl)ccc1C1COc2ccc3cc2N(C1)CC1CCC1[C@@](C)(O)C1CC1CC(C)C(C)C(=O)NS3. The van der Waals surface area contributed by atoms with E-state index in [1.165, 1.54) is 23.1 Å². The summed E-state index contributed by atoms with van der Waals surface area (Å²) < 4.78 is 9.65. The molecule has 222 valence electrons. The van der Waals surface area contributed by atoms with Crippen LogP contribution in [0.4, 0.5) is 5.69 Å². The lowest BCUT2D eigenvalue weighted by Crippen LogP contribution is -2.51. The fourth-order valence-electron chi connectivity index (χ4n) is 7.84. The Hall–Kier alpha value is -1.89. The molecular formula is C34H45ClN2O3S. The van der Waals surface area contributed by atoms with Gasteiger partial charge < -0.3 is 14.7 Å². The van der Waals surface area contributed by atoms with Crippen molar-refractivity contribution in [1.29, 1.82) is 0 Å². The Labute approximate surface area is 254 Å². The van der Waals surface area contributed by atoms with E-state index in [2.05, 4.69) is 60.7 Å². The van der Waals surface area contributed by atoms with Crippen LogP contribution in [0.15, 0.2) is 41.3 Å². The molecule has 2 heterocycles. The summed E-state index contributed by atoms with van der Waals surface area (Å²) in [5.74, 6) is 2.97. The van der Waals surface area contributed by atoms with E-state index in [-0.39, 0.29) is 23.7 Å². The number of hydrogen-bond donors (Lipinski definition) is 2. The number of nitrogens with zero attached hydrogens (tertiary/aromatic N) is 1. The van der Waals surface area contributed by atoms with Crippen molar-refractivity contribution in [2.24, 2.45) is 35.5 Å². The number of benzene rings is 2. The second-order valence-corrected chi connectivity index (χ2v) is 14.8. The van der Waals surface area contributed by atoms with Crippen molar-refractivity contribution < 1.29 is 14.6 Å². The lowest BCUT2D eigenvalue weighted by molar-refractivity contribution is -0.124. The molecule has 2 saturated carbocycles. The summed E-state index contributed by atoms with van der Waals surface area (Å²) in [7, 11) is 0. The number of anilines is 1. The normalized spacial score (nSPS) is 35.2. The van der Waals surface area contributed by atoms with Crippen LogP contribution in [-0.2, 0) is 11.2 Å². The number of ether oxygens (including phenoxy) is 1. The van der Waals surface area contributed by atoms with Crippen LogP contribution in [0.2, 0.25) is 5.02 Å². The molecule has 0 radical (unpaired) electrons. The average molecular weight is 597 g/mol. The van der Waals surface area contributed by atoms with E-state index in [0.717, 1.165) is 73.0 Å². The standard InChI is InChI=1S/C34H45ClN2O3S/c1-5-6-22-14-26(35)8-10-28(22)25-18-37-17-23-7-11-29(23)34(4,39)30-15-24(30)13-20(2)21(3)33(38)36-41-27-9-12-32(40-19-25)31(37)16-27/h8-10,12,14,16,20-21,23-25,29-30,39H,5-7,11,13,15,17-19H2,1-4H3,(H,36,38)/t20?,21?,23?,24?,25?,29?,30?,34-/m1/s1. The van der Waals surface area contributed by atoms with Crippen LogP contribution in [-0.4, -0.2) is 36.3 Å². The Morgan fingerprint density at radius 1 is 1.10 bits per heavy atom. The molecule has 4 aliphatic rings. The van der Waals surface area contributed by atoms with Crippen molar-refractivity contribution in [2.75, 3.05) is 24.6 Å². The van der Waals surface area contributed by atoms with Gasteiger partial charge in [0.15, 0.2) is 0 Å². The number of amides is 1. The van der Waals surface area contributed by atoms with Crippen LogP contribution in [0.3, 0.4) is 0 Å². The first-order valence-electron chi connectivity index (χ1n) is 15.6. The summed E-state index contributed by atoms with van der Waals surface area (Å²) in [5.41, 5.74) is 3.04. The van der Waals surface area contributed by atoms with Crippen molar-refractivity contribution in [3.63, 3.8) is 0 Å². The van der Waals surface area contributed by atoms with Crippen molar-refractivity contribution in [3.05, 3.63) is 52.5 Å². The molecule has 2 aliphatic heterocycles. The van der Waals surface area contributed by atoms with E-state index in [1.54, 1.807) is 0 Å². The number of carbonyl (C=O) groups excluding carboxylic acids is 1. The van der Waals surface area contributed by atoms with Gasteiger partial charge in [0.1, 0.15) is 5.75 Å². The van der Waals surface area contributed by atoms with Gasteiger partial charge in [-0.25, -0.2) is 0 Å². The van der Waals surface area contributed by atoms with Gasteiger partial charge in [0.2, 0.25) is 5.91 Å². The zero-order valence-electron chi connectivity index (χ0n) is 24.9. The van der Waals surface area contributed by atoms with Gasteiger partial charge in [-0.3, -0.25) is 9.52 Å². The number of rotatable bonds is 3. The Bertz CT molecular complexity index is 1280. The van der Waals surface area contributed by atoms with Crippen molar-refractivity contribution in [2.45, 2.75) is 82.6 Å². The minimum atomic E-state index is -0.664. The van der Waals surface area contributed by atoms with Gasteiger partial charge in [0.05, 0.1) is 17.9 Å². The van der Waals surface area contributed by atoms with Crippen molar-refractivity contribution in [1.82, 2.24) is 4.72 Å². The molecule has 7 heteroatoms. The molecule has 0 saturated heterocycles. The summed E-state index contributed by atoms with van der Waals surface area (Å²) >= 11 is 7.83. The highest BCUT2D eigenvalue weighted by Gasteiger charge is 2.56. The predicted molar refractivity (Wildman–Crippen MR) is 168 cm³/mol. The maximum Gasteiger partial charge on any atom is 0.233 e. The molecular weight excluding hydrogens is 552 g/mol. The topological polar surface area (TPSA) is 61.8 Å². The Balaban J connectivity index is 1.35. The Kier molecular flexibility index (Phi) is 8.30. The number of halogens is 1. The molecule has 2 aromatic carbocycles. The van der Waals surface area contributed by atoms with E-state index >= 15 is 0 Å². The van der Waals surface area contributed by atoms with Crippen LogP contribution in [0.1, 0.15) is 76.8 Å². The molecule has 2 fully saturated rings. The number of hydrogen-bond acceptors (Lipinski definition) is 5. The summed E-state index contributed by atoms with van der Waals surface area (Å²) in [5, 5.41) is 12.7. The highest BCUT2D eigenvalue weighted by Crippen LogP contribution is 2.57. The minimum Gasteiger partial charge on any atom is -0.491 e. The summed E-state index contributed by atoms with van der Waals surface area (Å²) in [6, 6.07) is 12.6. The number of carbonyl (C=O) groups is 1. The first-order chi connectivity index (χ1) is 19.7. The lowest BCUT2D eigenvalue weighted by atomic mass is 9.63. The summed E-state index contributed by atoms with van der Waals surface area (Å²) in [4.78, 5) is 16.6. The maximum atomic E-state index is 13.1. The third kappa shape index (κ3) is 5.86. The zero-order chi connectivity index (χ0) is 28.9. The second kappa shape index (κ2) is 11.7. The summed E-state index contributed by atoms with van der Waals surface area (Å²) in [6.45, 7) is 10.9. The average Bonchev–Trinajstić information content (AvgIpc) is 3.72. The van der Waals surface area contributed by atoms with E-state index in [4.69, 9.17) is 16.3 Å². The predicted octanol–water partition coefficient (Wildman–Crippen LogP) is 7.49. The van der Waals surface area contributed by atoms with E-state index in [0.29, 0.717) is 30.3 Å². The van der Waals surface area contributed by atoms with Crippen LogP contribution in [0.5, 0.6) is 5.75 Å². The van der Waals surface area contributed by atoms with Crippen molar-refractivity contribution in [3.8, 4) is 5.75 Å². The van der Waals surface area contributed by atoms with E-state index < -0.39 is 5.60 Å². The molecule has 1 amide bonds. The van der Waals surface area contributed by atoms with Gasteiger partial charge in [-0.2, -0.15) is 0 Å². The number of fused-ring (bicyclic) bond motifs is 3. The molecule has 2 aromatic rings. The summed E-state index contributed by atoms with van der Waals surface area (Å²) in [6.07, 6.45) is 6.37. The molecule has 2 N–H and O–H groups in total. The third-order valence-corrected chi connectivity index (χ3v) is 11.8. The molecule has 2 aliphatic carbocycles.